The number of rotatable bonds is 4. The van der Waals surface area contributed by atoms with E-state index in [0.29, 0.717) is 4.47 Å². The molecule has 1 aromatic carbocycles. The largest absolute Gasteiger partial charge is 0.502 e. The number of nitro benzene ring substituents is 1. The number of aliphatic hydroxyl groups is 1. The molecule has 0 unspecified atom stereocenters. The summed E-state index contributed by atoms with van der Waals surface area (Å²) in [5, 5.41) is 30.9. The molecule has 1 fully saturated rings. The fourth-order valence-corrected chi connectivity index (χ4v) is 2.72. The summed E-state index contributed by atoms with van der Waals surface area (Å²) in [6, 6.07) is 1.89. The standard InChI is InChI=1S/C12H15BrN2O4.ClH/c13-7-4-8(12(17)9(5-7)15(18)19)10(14)11(16)6-2-1-3-6;/h4-6,10-11,16-17H,1-3,14H2;1H/t10-,11+;/m1./s1. The monoisotopic (exact) mass is 366 g/mol. The van der Waals surface area contributed by atoms with Crippen molar-refractivity contribution in [2.24, 2.45) is 11.7 Å². The lowest BCUT2D eigenvalue weighted by Crippen LogP contribution is -2.36. The molecule has 2 atom stereocenters. The van der Waals surface area contributed by atoms with Crippen LogP contribution in [0.5, 0.6) is 5.75 Å². The smallest absolute Gasteiger partial charge is 0.312 e. The van der Waals surface area contributed by atoms with Crippen molar-refractivity contribution in [2.75, 3.05) is 0 Å². The van der Waals surface area contributed by atoms with Crippen molar-refractivity contribution in [1.82, 2.24) is 0 Å². The van der Waals surface area contributed by atoms with Gasteiger partial charge in [0.1, 0.15) is 0 Å². The molecule has 0 amide bonds. The molecule has 2 rings (SSSR count). The maximum atomic E-state index is 10.8. The topological polar surface area (TPSA) is 110 Å². The third-order valence-electron chi connectivity index (χ3n) is 3.64. The highest BCUT2D eigenvalue weighted by atomic mass is 79.9. The van der Waals surface area contributed by atoms with E-state index in [4.69, 9.17) is 5.73 Å². The number of nitrogens with zero attached hydrogens (tertiary/aromatic N) is 1. The van der Waals surface area contributed by atoms with E-state index in [0.717, 1.165) is 19.3 Å². The predicted molar refractivity (Wildman–Crippen MR) is 80.0 cm³/mol. The first-order chi connectivity index (χ1) is 8.91. The van der Waals surface area contributed by atoms with Crippen LogP contribution in [0.3, 0.4) is 0 Å². The second kappa shape index (κ2) is 6.71. The first-order valence-corrected chi connectivity index (χ1v) is 6.81. The molecule has 1 aromatic rings. The quantitative estimate of drug-likeness (QED) is 0.560. The fourth-order valence-electron chi connectivity index (χ4n) is 2.26. The Bertz CT molecular complexity index is 510. The van der Waals surface area contributed by atoms with E-state index >= 15 is 0 Å². The zero-order chi connectivity index (χ0) is 14.2. The Balaban J connectivity index is 0.00000200. The molecule has 1 saturated carbocycles. The number of benzene rings is 1. The Hall–Kier alpha value is -0.890. The molecule has 0 heterocycles. The van der Waals surface area contributed by atoms with E-state index in [1.807, 2.05) is 0 Å². The lowest BCUT2D eigenvalue weighted by molar-refractivity contribution is -0.386. The molecule has 0 saturated heterocycles. The summed E-state index contributed by atoms with van der Waals surface area (Å²) < 4.78 is 0.447. The molecule has 0 radical (unpaired) electrons. The van der Waals surface area contributed by atoms with E-state index in [-0.39, 0.29) is 23.9 Å². The van der Waals surface area contributed by atoms with Crippen LogP contribution in [0.25, 0.3) is 0 Å². The predicted octanol–water partition coefficient (Wildman–Crippen LogP) is 2.65. The molecular formula is C12H16BrClN2O4. The number of aromatic hydroxyl groups is 1. The first-order valence-electron chi connectivity index (χ1n) is 6.02. The Morgan fingerprint density at radius 1 is 1.45 bits per heavy atom. The normalized spacial score (nSPS) is 17.8. The SMILES string of the molecule is Cl.N[C@H](c1cc(Br)cc([N+](=O)[O-])c1O)[C@@H](O)C1CCC1. The van der Waals surface area contributed by atoms with Gasteiger partial charge < -0.3 is 15.9 Å². The lowest BCUT2D eigenvalue weighted by atomic mass is 9.77. The minimum absolute atomic E-state index is 0. The second-order valence-corrected chi connectivity index (χ2v) is 5.74. The van der Waals surface area contributed by atoms with E-state index < -0.39 is 28.5 Å². The van der Waals surface area contributed by atoms with Crippen molar-refractivity contribution >= 4 is 34.0 Å². The molecule has 1 aliphatic rings. The number of phenols is 1. The first kappa shape index (κ1) is 17.2. The number of phenolic OH excluding ortho intramolecular Hbond substituents is 1. The van der Waals surface area contributed by atoms with Gasteiger partial charge in [-0.25, -0.2) is 0 Å². The highest BCUT2D eigenvalue weighted by Crippen LogP contribution is 2.40. The second-order valence-electron chi connectivity index (χ2n) is 4.83. The summed E-state index contributed by atoms with van der Waals surface area (Å²) in [4.78, 5) is 10.2. The number of nitrogens with two attached hydrogens (primary N) is 1. The molecule has 0 aromatic heterocycles. The maximum Gasteiger partial charge on any atom is 0.312 e. The van der Waals surface area contributed by atoms with Gasteiger partial charge in [0.05, 0.1) is 17.1 Å². The molecule has 112 valence electrons. The van der Waals surface area contributed by atoms with Crippen LogP contribution in [0.1, 0.15) is 30.9 Å². The van der Waals surface area contributed by atoms with Gasteiger partial charge in [-0.3, -0.25) is 10.1 Å². The molecule has 4 N–H and O–H groups in total. The molecular weight excluding hydrogens is 351 g/mol. The van der Waals surface area contributed by atoms with Crippen molar-refractivity contribution in [1.29, 1.82) is 0 Å². The molecule has 6 nitrogen and oxygen atoms in total. The van der Waals surface area contributed by atoms with Crippen LogP contribution < -0.4 is 5.73 Å². The van der Waals surface area contributed by atoms with Gasteiger partial charge >= 0.3 is 5.69 Å². The van der Waals surface area contributed by atoms with Gasteiger partial charge in [-0.15, -0.1) is 12.4 Å². The molecule has 0 aliphatic heterocycles. The maximum absolute atomic E-state index is 10.8. The van der Waals surface area contributed by atoms with Gasteiger partial charge in [0.25, 0.3) is 0 Å². The minimum Gasteiger partial charge on any atom is -0.502 e. The van der Waals surface area contributed by atoms with E-state index in [2.05, 4.69) is 15.9 Å². The van der Waals surface area contributed by atoms with Gasteiger partial charge in [0.2, 0.25) is 0 Å². The number of hydrogen-bond acceptors (Lipinski definition) is 5. The molecule has 8 heteroatoms. The molecule has 0 bridgehead atoms. The Morgan fingerprint density at radius 3 is 2.50 bits per heavy atom. The van der Waals surface area contributed by atoms with Crippen molar-refractivity contribution in [3.05, 3.63) is 32.3 Å². The van der Waals surface area contributed by atoms with Crippen molar-refractivity contribution < 1.29 is 15.1 Å². The van der Waals surface area contributed by atoms with Gasteiger partial charge in [0, 0.05) is 16.1 Å². The summed E-state index contributed by atoms with van der Waals surface area (Å²) in [6.45, 7) is 0. The van der Waals surface area contributed by atoms with Crippen LogP contribution in [-0.2, 0) is 0 Å². The van der Waals surface area contributed by atoms with Gasteiger partial charge in [0.15, 0.2) is 5.75 Å². The van der Waals surface area contributed by atoms with Gasteiger partial charge in [-0.2, -0.15) is 0 Å². The highest BCUT2D eigenvalue weighted by Gasteiger charge is 2.33. The van der Waals surface area contributed by atoms with Crippen LogP contribution in [0, 0.1) is 16.0 Å². The summed E-state index contributed by atoms with van der Waals surface area (Å²) in [5.41, 5.74) is 5.71. The lowest BCUT2D eigenvalue weighted by Gasteiger charge is -2.33. The van der Waals surface area contributed by atoms with Crippen LogP contribution >= 0.6 is 28.3 Å². The minimum atomic E-state index is -0.832. The third kappa shape index (κ3) is 3.22. The fraction of sp³-hybridized carbons (Fsp3) is 0.500. The zero-order valence-electron chi connectivity index (χ0n) is 10.5. The summed E-state index contributed by atoms with van der Waals surface area (Å²) in [5.74, 6) is -0.369. The third-order valence-corrected chi connectivity index (χ3v) is 4.10. The number of halogens is 2. The Morgan fingerprint density at radius 2 is 2.05 bits per heavy atom. The van der Waals surface area contributed by atoms with E-state index in [9.17, 15) is 20.3 Å². The molecule has 20 heavy (non-hydrogen) atoms. The van der Waals surface area contributed by atoms with E-state index in [1.165, 1.54) is 12.1 Å². The van der Waals surface area contributed by atoms with Crippen LogP contribution in [0.4, 0.5) is 5.69 Å². The van der Waals surface area contributed by atoms with Crippen LogP contribution in [0.15, 0.2) is 16.6 Å². The highest BCUT2D eigenvalue weighted by molar-refractivity contribution is 9.10. The van der Waals surface area contributed by atoms with Crippen LogP contribution in [-0.4, -0.2) is 21.2 Å². The van der Waals surface area contributed by atoms with Crippen molar-refractivity contribution in [2.45, 2.75) is 31.4 Å². The summed E-state index contributed by atoms with van der Waals surface area (Å²) in [7, 11) is 0. The molecule has 0 spiro atoms. The van der Waals surface area contributed by atoms with Crippen molar-refractivity contribution in [3.63, 3.8) is 0 Å². The van der Waals surface area contributed by atoms with Gasteiger partial charge in [-0.05, 0) is 24.8 Å². The number of hydrogen-bond donors (Lipinski definition) is 3. The number of nitro groups is 1. The average Bonchev–Trinajstić information content (AvgIpc) is 2.28. The van der Waals surface area contributed by atoms with Crippen molar-refractivity contribution in [3.8, 4) is 5.75 Å². The Kier molecular flexibility index (Phi) is 5.76. The number of aliphatic hydroxyl groups excluding tert-OH is 1. The van der Waals surface area contributed by atoms with E-state index in [1.54, 1.807) is 0 Å². The van der Waals surface area contributed by atoms with Crippen LogP contribution in [0.2, 0.25) is 0 Å². The molecule has 1 aliphatic carbocycles. The average molecular weight is 368 g/mol. The summed E-state index contributed by atoms with van der Waals surface area (Å²) in [6.07, 6.45) is 2.05. The summed E-state index contributed by atoms with van der Waals surface area (Å²) >= 11 is 3.15. The Labute approximate surface area is 130 Å². The zero-order valence-corrected chi connectivity index (χ0v) is 12.9. The van der Waals surface area contributed by atoms with Gasteiger partial charge in [-0.1, -0.05) is 22.4 Å².